The minimum absolute atomic E-state index is 0.147. The Labute approximate surface area is 188 Å². The number of hydrogen-bond donors (Lipinski definition) is 3. The highest BCUT2D eigenvalue weighted by Gasteiger charge is 2.21. The van der Waals surface area contributed by atoms with E-state index < -0.39 is 11.7 Å². The molecule has 5 rings (SSSR count). The lowest BCUT2D eigenvalue weighted by Crippen LogP contribution is -2.35. The molecule has 1 fully saturated rings. The fourth-order valence-corrected chi connectivity index (χ4v) is 3.92. The third-order valence-corrected chi connectivity index (χ3v) is 5.59. The van der Waals surface area contributed by atoms with E-state index in [4.69, 9.17) is 9.47 Å². The fraction of sp³-hybridized carbons (Fsp3) is 0.261. The van der Waals surface area contributed by atoms with Crippen LogP contribution in [0.4, 0.5) is 10.1 Å². The standard InChI is InChI=1S/C23H23FN6O3/c1-32-19-4-2-3-15(24)20(19)23(31)28-18-12-25-29-21(18)22-26-16-6-5-14(11-17(16)27-22)13-30-7-9-33-10-8-30/h2-6,11-12H,7-10,13H2,1H3,(H,25,29)(H,26,27)(H,28,31). The Bertz CT molecular complexity index is 1290. The first-order valence-corrected chi connectivity index (χ1v) is 10.6. The molecule has 9 nitrogen and oxygen atoms in total. The summed E-state index contributed by atoms with van der Waals surface area (Å²) in [6.07, 6.45) is 1.53. The lowest BCUT2D eigenvalue weighted by Gasteiger charge is -2.26. The molecule has 0 spiro atoms. The number of benzene rings is 2. The smallest absolute Gasteiger partial charge is 0.262 e. The van der Waals surface area contributed by atoms with Crippen molar-refractivity contribution in [3.63, 3.8) is 0 Å². The molecule has 10 heteroatoms. The number of hydrogen-bond acceptors (Lipinski definition) is 6. The third kappa shape index (κ3) is 4.30. The molecule has 0 unspecified atom stereocenters. The van der Waals surface area contributed by atoms with E-state index >= 15 is 0 Å². The van der Waals surface area contributed by atoms with Crippen LogP contribution in [0.15, 0.2) is 42.6 Å². The number of carbonyl (C=O) groups is 1. The number of aromatic nitrogens is 4. The number of fused-ring (bicyclic) bond motifs is 1. The number of halogens is 1. The van der Waals surface area contributed by atoms with Crippen LogP contribution in [-0.4, -0.2) is 64.4 Å². The number of H-pyrrole nitrogens is 2. The molecule has 33 heavy (non-hydrogen) atoms. The van der Waals surface area contributed by atoms with Gasteiger partial charge in [0.1, 0.15) is 17.1 Å². The van der Waals surface area contributed by atoms with Crippen molar-refractivity contribution in [1.82, 2.24) is 25.1 Å². The summed E-state index contributed by atoms with van der Waals surface area (Å²) < 4.78 is 24.8. The number of nitrogens with zero attached hydrogens (tertiary/aromatic N) is 3. The Balaban J connectivity index is 1.39. The number of anilines is 1. The van der Waals surface area contributed by atoms with E-state index in [2.05, 4.69) is 36.4 Å². The van der Waals surface area contributed by atoms with Crippen molar-refractivity contribution in [2.24, 2.45) is 0 Å². The van der Waals surface area contributed by atoms with Crippen molar-refractivity contribution in [1.29, 1.82) is 0 Å². The van der Waals surface area contributed by atoms with Gasteiger partial charge < -0.3 is 19.8 Å². The quantitative estimate of drug-likeness (QED) is 0.416. The van der Waals surface area contributed by atoms with Crippen molar-refractivity contribution in [3.8, 4) is 17.3 Å². The highest BCUT2D eigenvalue weighted by Crippen LogP contribution is 2.28. The second-order valence-electron chi connectivity index (χ2n) is 7.74. The number of methoxy groups -OCH3 is 1. The van der Waals surface area contributed by atoms with Gasteiger partial charge in [-0.15, -0.1) is 0 Å². The number of amides is 1. The maximum absolute atomic E-state index is 14.3. The van der Waals surface area contributed by atoms with Gasteiger partial charge in [0.05, 0.1) is 37.0 Å². The summed E-state index contributed by atoms with van der Waals surface area (Å²) in [4.78, 5) is 23.0. The molecule has 1 aliphatic rings. The molecule has 1 amide bonds. The van der Waals surface area contributed by atoms with Gasteiger partial charge in [-0.05, 0) is 29.8 Å². The number of nitrogens with one attached hydrogen (secondary N) is 3. The van der Waals surface area contributed by atoms with Crippen LogP contribution in [0.1, 0.15) is 15.9 Å². The first-order chi connectivity index (χ1) is 16.1. The van der Waals surface area contributed by atoms with Gasteiger partial charge in [0, 0.05) is 25.8 Å². The van der Waals surface area contributed by atoms with Crippen LogP contribution in [0.25, 0.3) is 22.6 Å². The molecule has 1 aliphatic heterocycles. The SMILES string of the molecule is COc1cccc(F)c1C(=O)Nc1c[nH]nc1-c1nc2cc(CN3CCOCC3)ccc2[nH]1. The number of aromatic amines is 2. The van der Waals surface area contributed by atoms with E-state index in [1.807, 2.05) is 12.1 Å². The minimum atomic E-state index is -0.673. The van der Waals surface area contributed by atoms with Crippen LogP contribution in [0.5, 0.6) is 5.75 Å². The van der Waals surface area contributed by atoms with Crippen molar-refractivity contribution in [2.75, 3.05) is 38.7 Å². The molecule has 4 aromatic rings. The van der Waals surface area contributed by atoms with E-state index in [0.29, 0.717) is 17.2 Å². The van der Waals surface area contributed by atoms with Gasteiger partial charge in [-0.1, -0.05) is 12.1 Å². The predicted molar refractivity (Wildman–Crippen MR) is 121 cm³/mol. The number of carbonyl (C=O) groups excluding carboxylic acids is 1. The minimum Gasteiger partial charge on any atom is -0.496 e. The van der Waals surface area contributed by atoms with Gasteiger partial charge in [-0.3, -0.25) is 14.8 Å². The summed E-state index contributed by atoms with van der Waals surface area (Å²) in [7, 11) is 1.39. The Hall–Kier alpha value is -3.76. The largest absolute Gasteiger partial charge is 0.496 e. The van der Waals surface area contributed by atoms with Gasteiger partial charge in [-0.2, -0.15) is 5.10 Å². The summed E-state index contributed by atoms with van der Waals surface area (Å²) in [6, 6.07) is 10.3. The van der Waals surface area contributed by atoms with E-state index in [-0.39, 0.29) is 11.3 Å². The van der Waals surface area contributed by atoms with Crippen LogP contribution in [0.3, 0.4) is 0 Å². The molecule has 2 aromatic carbocycles. The van der Waals surface area contributed by atoms with Gasteiger partial charge in [-0.25, -0.2) is 9.37 Å². The molecular weight excluding hydrogens is 427 g/mol. The zero-order valence-corrected chi connectivity index (χ0v) is 18.0. The first kappa shape index (κ1) is 21.1. The number of ether oxygens (including phenoxy) is 2. The topological polar surface area (TPSA) is 108 Å². The third-order valence-electron chi connectivity index (χ3n) is 5.59. The van der Waals surface area contributed by atoms with E-state index in [9.17, 15) is 9.18 Å². The fourth-order valence-electron chi connectivity index (χ4n) is 3.92. The zero-order valence-electron chi connectivity index (χ0n) is 18.0. The van der Waals surface area contributed by atoms with Gasteiger partial charge in [0.2, 0.25) is 0 Å². The average molecular weight is 450 g/mol. The average Bonchev–Trinajstić information content (AvgIpc) is 3.45. The highest BCUT2D eigenvalue weighted by molar-refractivity contribution is 6.07. The molecular formula is C23H23FN6O3. The van der Waals surface area contributed by atoms with Crippen molar-refractivity contribution < 1.29 is 18.7 Å². The van der Waals surface area contributed by atoms with Crippen molar-refractivity contribution >= 4 is 22.6 Å². The van der Waals surface area contributed by atoms with Crippen LogP contribution < -0.4 is 10.1 Å². The Kier molecular flexibility index (Phi) is 5.76. The predicted octanol–water partition coefficient (Wildman–Crippen LogP) is 3.19. The zero-order chi connectivity index (χ0) is 22.8. The van der Waals surface area contributed by atoms with E-state index in [1.165, 1.54) is 31.5 Å². The van der Waals surface area contributed by atoms with E-state index in [0.717, 1.165) is 49.4 Å². The van der Waals surface area contributed by atoms with Crippen LogP contribution in [0, 0.1) is 5.82 Å². The molecule has 0 aliphatic carbocycles. The van der Waals surface area contributed by atoms with Gasteiger partial charge in [0.15, 0.2) is 11.5 Å². The molecule has 2 aromatic heterocycles. The Morgan fingerprint density at radius 3 is 2.94 bits per heavy atom. The Morgan fingerprint density at radius 2 is 2.12 bits per heavy atom. The second kappa shape index (κ2) is 9.00. The summed E-state index contributed by atoms with van der Waals surface area (Å²) in [5, 5.41) is 9.67. The second-order valence-corrected chi connectivity index (χ2v) is 7.74. The monoisotopic (exact) mass is 450 g/mol. The summed E-state index contributed by atoms with van der Waals surface area (Å²) >= 11 is 0. The summed E-state index contributed by atoms with van der Waals surface area (Å²) in [5.41, 5.74) is 3.43. The number of morpholine rings is 1. The van der Waals surface area contributed by atoms with Crippen molar-refractivity contribution in [2.45, 2.75) is 6.54 Å². The molecule has 3 N–H and O–H groups in total. The molecule has 3 heterocycles. The normalized spacial score (nSPS) is 14.5. The maximum atomic E-state index is 14.3. The molecule has 1 saturated heterocycles. The van der Waals surface area contributed by atoms with Crippen LogP contribution in [-0.2, 0) is 11.3 Å². The maximum Gasteiger partial charge on any atom is 0.262 e. The molecule has 0 atom stereocenters. The highest BCUT2D eigenvalue weighted by atomic mass is 19.1. The first-order valence-electron chi connectivity index (χ1n) is 10.6. The summed E-state index contributed by atoms with van der Waals surface area (Å²) in [6.45, 7) is 4.15. The molecule has 0 saturated carbocycles. The van der Waals surface area contributed by atoms with Crippen molar-refractivity contribution in [3.05, 3.63) is 59.5 Å². The van der Waals surface area contributed by atoms with Gasteiger partial charge in [0.25, 0.3) is 5.91 Å². The lowest BCUT2D eigenvalue weighted by atomic mass is 10.1. The Morgan fingerprint density at radius 1 is 1.27 bits per heavy atom. The van der Waals surface area contributed by atoms with E-state index in [1.54, 1.807) is 0 Å². The number of imidazole rings is 1. The number of rotatable bonds is 6. The molecule has 0 radical (unpaired) electrons. The van der Waals surface area contributed by atoms with Gasteiger partial charge >= 0.3 is 0 Å². The molecule has 0 bridgehead atoms. The molecule has 170 valence electrons. The van der Waals surface area contributed by atoms with Crippen LogP contribution >= 0.6 is 0 Å². The lowest BCUT2D eigenvalue weighted by molar-refractivity contribution is 0.0342. The van der Waals surface area contributed by atoms with Crippen LogP contribution in [0.2, 0.25) is 0 Å². The summed E-state index contributed by atoms with van der Waals surface area (Å²) in [5.74, 6) is -0.676.